The lowest BCUT2D eigenvalue weighted by Crippen LogP contribution is -2.32. The van der Waals surface area contributed by atoms with Crippen molar-refractivity contribution < 1.29 is 16.0 Å². The van der Waals surface area contributed by atoms with Gasteiger partial charge in [-0.25, -0.2) is 4.68 Å². The number of hydrogen-bond donors (Lipinski definition) is 1. The van der Waals surface area contributed by atoms with Crippen molar-refractivity contribution in [1.82, 2.24) is 19.9 Å². The van der Waals surface area contributed by atoms with Gasteiger partial charge in [-0.2, -0.15) is 0 Å². The van der Waals surface area contributed by atoms with E-state index in [4.69, 9.17) is 6.11 Å². The number of ether oxygens (including phenoxy) is 1. The summed E-state index contributed by atoms with van der Waals surface area (Å²) in [4.78, 5) is 14.4. The number of fused-ring (bicyclic) bond motifs is 2. The van der Waals surface area contributed by atoms with Gasteiger partial charge in [0, 0.05) is 38.2 Å². The minimum Gasteiger partial charge on any atom is -0.489 e. The Morgan fingerprint density at radius 2 is 2.08 bits per heavy atom. The van der Waals surface area contributed by atoms with Crippen LogP contribution in [-0.2, 0) is 24.9 Å². The molecular formula is C30H34N4O3. The van der Waals surface area contributed by atoms with Crippen molar-refractivity contribution >= 4 is 17.0 Å². The third-order valence-corrected chi connectivity index (χ3v) is 7.51. The fraction of sp³-hybridized carbons (Fsp3) is 0.367. The van der Waals surface area contributed by atoms with Crippen LogP contribution in [0.1, 0.15) is 60.4 Å². The summed E-state index contributed by atoms with van der Waals surface area (Å²) in [5.41, 5.74) is 7.98. The molecule has 1 N–H and O–H groups in total. The van der Waals surface area contributed by atoms with Crippen LogP contribution in [0.4, 0.5) is 0 Å². The molecule has 1 aliphatic rings. The topological polar surface area (TPSA) is 80.5 Å². The summed E-state index contributed by atoms with van der Waals surface area (Å²) in [5.74, 6) is -0.285. The van der Waals surface area contributed by atoms with Gasteiger partial charge in [-0.3, -0.25) is 9.69 Å². The van der Waals surface area contributed by atoms with Gasteiger partial charge in [0.25, 0.3) is 0 Å². The third kappa shape index (κ3) is 5.09. The van der Waals surface area contributed by atoms with Gasteiger partial charge in [-0.1, -0.05) is 54.6 Å². The summed E-state index contributed by atoms with van der Waals surface area (Å²) in [6.07, 6.45) is 0.949. The van der Waals surface area contributed by atoms with Crippen LogP contribution < -0.4 is 4.74 Å². The molecule has 0 aliphatic carbocycles. The van der Waals surface area contributed by atoms with Crippen molar-refractivity contribution in [3.63, 3.8) is 0 Å². The molecule has 37 heavy (non-hydrogen) atoms. The number of para-hydroxylation sites is 1. The molecular weight excluding hydrogens is 464 g/mol. The summed E-state index contributed by atoms with van der Waals surface area (Å²) in [7, 11) is 1.86. The number of nitrogens with zero attached hydrogens (tertiary/aromatic N) is 4. The van der Waals surface area contributed by atoms with Crippen LogP contribution in [0, 0.1) is 13.8 Å². The van der Waals surface area contributed by atoms with E-state index in [1.807, 2.05) is 38.2 Å². The van der Waals surface area contributed by atoms with Gasteiger partial charge < -0.3 is 9.84 Å². The number of aliphatic carboxylic acids is 1. The van der Waals surface area contributed by atoms with Crippen LogP contribution in [0.2, 0.25) is 0 Å². The fourth-order valence-electron chi connectivity index (χ4n) is 5.36. The number of aromatic nitrogens is 3. The van der Waals surface area contributed by atoms with Crippen molar-refractivity contribution in [2.45, 2.75) is 58.7 Å². The molecule has 0 bridgehead atoms. The van der Waals surface area contributed by atoms with Crippen LogP contribution in [0.25, 0.3) is 11.0 Å². The maximum absolute atomic E-state index is 12.0. The molecule has 1 unspecified atom stereocenters. The van der Waals surface area contributed by atoms with E-state index in [9.17, 15) is 9.90 Å². The molecule has 7 nitrogen and oxygen atoms in total. The smallest absolute Gasteiger partial charge is 0.304 e. The zero-order valence-electron chi connectivity index (χ0n) is 22.9. The SMILES string of the molecule is [2H]c1ccc2c(c1)CN(Cc1cc(C(CC(=O)O)c3ccc4c(nnn4C)c3C)ccc1C)C[C@@H](CC)O2. The zero-order valence-corrected chi connectivity index (χ0v) is 21.9. The van der Waals surface area contributed by atoms with Crippen LogP contribution in [0.3, 0.4) is 0 Å². The third-order valence-electron chi connectivity index (χ3n) is 7.51. The Labute approximate surface area is 219 Å². The second kappa shape index (κ2) is 10.3. The van der Waals surface area contributed by atoms with E-state index in [-0.39, 0.29) is 18.4 Å². The number of carboxylic acids is 1. The number of aryl methyl sites for hydroxylation is 3. The number of carboxylic acid groups (broad SMARTS) is 1. The second-order valence-corrected chi connectivity index (χ2v) is 10.0. The standard InChI is InChI=1S/C30H34N4O3/c1-5-24-18-34(16-22-8-6-7-9-28(22)37-24)17-23-14-21(11-10-19(23)2)26(15-29(35)36)25-12-13-27-30(20(25)3)31-32-33(27)4/h6-14,24,26H,5,15-18H2,1-4H3,(H,35,36)/t24-,26?/m1/s1/i6D. The lowest BCUT2D eigenvalue weighted by molar-refractivity contribution is -0.137. The monoisotopic (exact) mass is 499 g/mol. The largest absolute Gasteiger partial charge is 0.489 e. The summed E-state index contributed by atoms with van der Waals surface area (Å²) >= 11 is 0. The number of rotatable bonds is 7. The Morgan fingerprint density at radius 3 is 2.86 bits per heavy atom. The van der Waals surface area contributed by atoms with E-state index in [2.05, 4.69) is 47.3 Å². The predicted molar refractivity (Wildman–Crippen MR) is 144 cm³/mol. The molecule has 7 heteroatoms. The molecule has 0 radical (unpaired) electrons. The molecule has 0 saturated heterocycles. The Hall–Kier alpha value is -3.71. The van der Waals surface area contributed by atoms with Gasteiger partial charge in [0.05, 0.1) is 13.3 Å². The van der Waals surface area contributed by atoms with Gasteiger partial charge >= 0.3 is 5.97 Å². The first-order chi connectivity index (χ1) is 18.2. The second-order valence-electron chi connectivity index (χ2n) is 10.0. The summed E-state index contributed by atoms with van der Waals surface area (Å²) in [5, 5.41) is 18.3. The van der Waals surface area contributed by atoms with Crippen molar-refractivity contribution in [2.75, 3.05) is 6.54 Å². The molecule has 1 aromatic heterocycles. The molecule has 2 heterocycles. The first-order valence-electron chi connectivity index (χ1n) is 13.3. The molecule has 0 saturated carbocycles. The van der Waals surface area contributed by atoms with Gasteiger partial charge in [0.15, 0.2) is 0 Å². The molecule has 0 spiro atoms. The highest BCUT2D eigenvalue weighted by Gasteiger charge is 2.25. The van der Waals surface area contributed by atoms with Crippen molar-refractivity contribution in [1.29, 1.82) is 0 Å². The average molecular weight is 500 g/mol. The average Bonchev–Trinajstić information content (AvgIpc) is 3.17. The Morgan fingerprint density at radius 1 is 1.24 bits per heavy atom. The molecule has 4 aromatic rings. The van der Waals surface area contributed by atoms with Crippen LogP contribution >= 0.6 is 0 Å². The molecule has 0 amide bonds. The lowest BCUT2D eigenvalue weighted by Gasteiger charge is -2.25. The minimum absolute atomic E-state index is 0.00970. The van der Waals surface area contributed by atoms with Gasteiger partial charge in [-0.15, -0.1) is 5.10 Å². The van der Waals surface area contributed by atoms with E-state index in [1.165, 1.54) is 0 Å². The minimum atomic E-state index is -0.839. The highest BCUT2D eigenvalue weighted by molar-refractivity contribution is 5.80. The molecule has 0 fully saturated rings. The van der Waals surface area contributed by atoms with Gasteiger partial charge in [0.1, 0.15) is 17.4 Å². The zero-order chi connectivity index (χ0) is 27.0. The Kier molecular flexibility index (Phi) is 6.62. The van der Waals surface area contributed by atoms with E-state index in [0.29, 0.717) is 19.1 Å². The number of carbonyl (C=O) groups is 1. The van der Waals surface area contributed by atoms with Gasteiger partial charge in [-0.05, 0) is 60.2 Å². The van der Waals surface area contributed by atoms with Crippen LogP contribution in [-0.4, -0.2) is 43.6 Å². The maximum atomic E-state index is 12.0. The number of benzene rings is 3. The summed E-state index contributed by atoms with van der Waals surface area (Å²) in [6, 6.07) is 16.3. The van der Waals surface area contributed by atoms with E-state index < -0.39 is 5.97 Å². The van der Waals surface area contributed by atoms with Crippen LogP contribution in [0.15, 0.2) is 54.6 Å². The molecule has 1 aliphatic heterocycles. The maximum Gasteiger partial charge on any atom is 0.304 e. The van der Waals surface area contributed by atoms with Crippen molar-refractivity contribution in [3.05, 3.63) is 88.0 Å². The first-order valence-corrected chi connectivity index (χ1v) is 12.8. The summed E-state index contributed by atoms with van der Waals surface area (Å²) in [6.45, 7) is 8.42. The Bertz CT molecular complexity index is 1500. The summed E-state index contributed by atoms with van der Waals surface area (Å²) < 4.78 is 16.1. The highest BCUT2D eigenvalue weighted by Crippen LogP contribution is 2.35. The molecule has 192 valence electrons. The molecule has 2 atom stereocenters. The quantitative estimate of drug-likeness (QED) is 0.369. The van der Waals surface area contributed by atoms with E-state index >= 15 is 0 Å². The molecule has 5 rings (SSSR count). The normalized spacial score (nSPS) is 17.1. The Balaban J connectivity index is 1.50. The first kappa shape index (κ1) is 23.7. The number of hydrogen-bond acceptors (Lipinski definition) is 5. The van der Waals surface area contributed by atoms with E-state index in [1.54, 1.807) is 10.7 Å². The molecule has 3 aromatic carbocycles. The van der Waals surface area contributed by atoms with E-state index in [0.717, 1.165) is 63.1 Å². The van der Waals surface area contributed by atoms with Crippen molar-refractivity contribution in [2.24, 2.45) is 7.05 Å². The van der Waals surface area contributed by atoms with Crippen molar-refractivity contribution in [3.8, 4) is 5.75 Å². The highest BCUT2D eigenvalue weighted by atomic mass is 16.5. The predicted octanol–water partition coefficient (Wildman–Crippen LogP) is 5.36. The van der Waals surface area contributed by atoms with Gasteiger partial charge in [0.2, 0.25) is 0 Å². The fourth-order valence-corrected chi connectivity index (χ4v) is 5.36. The van der Waals surface area contributed by atoms with Crippen LogP contribution in [0.5, 0.6) is 5.75 Å². The lowest BCUT2D eigenvalue weighted by atomic mass is 9.84.